The van der Waals surface area contributed by atoms with Crippen molar-refractivity contribution in [3.05, 3.63) is 69.2 Å². The number of halogens is 1. The van der Waals surface area contributed by atoms with E-state index in [4.69, 9.17) is 16.6 Å². The molecular weight excluding hydrogens is 394 g/mol. The lowest BCUT2D eigenvalue weighted by Crippen LogP contribution is -2.28. The fourth-order valence-corrected chi connectivity index (χ4v) is 5.43. The van der Waals surface area contributed by atoms with Crippen molar-refractivity contribution < 1.29 is 0 Å². The molecule has 0 spiro atoms. The topological polar surface area (TPSA) is 39.9 Å². The summed E-state index contributed by atoms with van der Waals surface area (Å²) in [6.45, 7) is 1.82. The van der Waals surface area contributed by atoms with E-state index in [1.165, 1.54) is 5.56 Å². The monoisotopic (exact) mass is 411 g/mol. The van der Waals surface area contributed by atoms with Gasteiger partial charge in [-0.15, -0.1) is 23.1 Å². The summed E-state index contributed by atoms with van der Waals surface area (Å²) in [5.74, 6) is 0.698. The third-order valence-electron chi connectivity index (χ3n) is 4.71. The third-order valence-corrected chi connectivity index (χ3v) is 6.99. The van der Waals surface area contributed by atoms with Gasteiger partial charge in [-0.05, 0) is 35.7 Å². The number of hydrogen-bond acceptors (Lipinski definition) is 5. The van der Waals surface area contributed by atoms with Crippen molar-refractivity contribution in [2.24, 2.45) is 0 Å². The number of nitriles is 1. The van der Waals surface area contributed by atoms with Gasteiger partial charge in [0, 0.05) is 46.4 Å². The first-order chi connectivity index (χ1) is 13.2. The van der Waals surface area contributed by atoms with E-state index in [1.807, 2.05) is 30.3 Å². The van der Waals surface area contributed by atoms with Crippen LogP contribution in [0.2, 0.25) is 5.02 Å². The van der Waals surface area contributed by atoms with E-state index >= 15 is 0 Å². The quantitative estimate of drug-likeness (QED) is 0.522. The van der Waals surface area contributed by atoms with Gasteiger partial charge in [-0.3, -0.25) is 0 Å². The summed E-state index contributed by atoms with van der Waals surface area (Å²) in [5, 5.41) is 13.6. The van der Waals surface area contributed by atoms with Crippen molar-refractivity contribution in [2.45, 2.75) is 23.7 Å². The van der Waals surface area contributed by atoms with Crippen LogP contribution in [-0.2, 0) is 18.7 Å². The SMILES string of the molecule is CN1CCc2nc(SCc3ccccc3Cl)c(C#N)c(-c3cccs3)c2C1. The fourth-order valence-electron chi connectivity index (χ4n) is 3.33. The van der Waals surface area contributed by atoms with Gasteiger partial charge in [0.15, 0.2) is 0 Å². The second-order valence-corrected chi connectivity index (χ2v) is 8.87. The molecule has 3 aromatic rings. The standard InChI is InChI=1S/C21H18ClN3S2/c1-25-9-8-18-16(12-25)20(19-7-4-10-26-19)15(11-23)21(24-18)27-13-14-5-2-3-6-17(14)22/h2-7,10H,8-9,12-13H2,1H3. The first-order valence-corrected chi connectivity index (χ1v) is 11.0. The van der Waals surface area contributed by atoms with Crippen molar-refractivity contribution in [3.8, 4) is 16.5 Å². The van der Waals surface area contributed by atoms with E-state index in [0.717, 1.165) is 51.3 Å². The van der Waals surface area contributed by atoms with E-state index in [0.29, 0.717) is 11.3 Å². The molecule has 0 radical (unpaired) electrons. The van der Waals surface area contributed by atoms with E-state index < -0.39 is 0 Å². The number of hydrogen-bond donors (Lipinski definition) is 0. The Hall–Kier alpha value is -1.84. The zero-order valence-electron chi connectivity index (χ0n) is 14.9. The second kappa shape index (κ2) is 8.04. The minimum Gasteiger partial charge on any atom is -0.302 e. The number of rotatable bonds is 4. The lowest BCUT2D eigenvalue weighted by atomic mass is 9.96. The summed E-state index contributed by atoms with van der Waals surface area (Å²) in [5.41, 5.74) is 5.13. The first kappa shape index (κ1) is 18.5. The Labute approximate surface area is 172 Å². The van der Waals surface area contributed by atoms with Crippen molar-refractivity contribution in [1.29, 1.82) is 5.26 Å². The molecule has 6 heteroatoms. The van der Waals surface area contributed by atoms with E-state index in [-0.39, 0.29) is 0 Å². The van der Waals surface area contributed by atoms with Crippen LogP contribution in [-0.4, -0.2) is 23.5 Å². The van der Waals surface area contributed by atoms with E-state index in [9.17, 15) is 5.26 Å². The predicted octanol–water partition coefficient (Wildman–Crippen LogP) is 5.62. The predicted molar refractivity (Wildman–Crippen MR) is 113 cm³/mol. The van der Waals surface area contributed by atoms with Crippen LogP contribution in [0.3, 0.4) is 0 Å². The first-order valence-electron chi connectivity index (χ1n) is 8.72. The minimum absolute atomic E-state index is 0.684. The van der Waals surface area contributed by atoms with Gasteiger partial charge in [-0.25, -0.2) is 4.98 Å². The zero-order chi connectivity index (χ0) is 18.8. The van der Waals surface area contributed by atoms with Crippen LogP contribution >= 0.6 is 34.7 Å². The summed E-state index contributed by atoms with van der Waals surface area (Å²) in [6, 6.07) is 14.4. The summed E-state index contributed by atoms with van der Waals surface area (Å²) < 4.78 is 0. The highest BCUT2D eigenvalue weighted by atomic mass is 35.5. The number of thioether (sulfide) groups is 1. The molecule has 0 saturated carbocycles. The molecule has 4 rings (SSSR count). The molecule has 0 atom stereocenters. The Morgan fingerprint density at radius 2 is 2.15 bits per heavy atom. The Balaban J connectivity index is 1.79. The van der Waals surface area contributed by atoms with Crippen LogP contribution < -0.4 is 0 Å². The van der Waals surface area contributed by atoms with E-state index in [1.54, 1.807) is 23.1 Å². The molecule has 0 saturated heterocycles. The fraction of sp³-hybridized carbons (Fsp3) is 0.238. The maximum Gasteiger partial charge on any atom is 0.115 e. The maximum atomic E-state index is 9.98. The van der Waals surface area contributed by atoms with Gasteiger partial charge in [-0.1, -0.05) is 35.9 Å². The van der Waals surface area contributed by atoms with Crippen molar-refractivity contribution in [3.63, 3.8) is 0 Å². The van der Waals surface area contributed by atoms with Gasteiger partial charge < -0.3 is 4.90 Å². The molecule has 136 valence electrons. The molecule has 27 heavy (non-hydrogen) atoms. The smallest absolute Gasteiger partial charge is 0.115 e. The Kier molecular flexibility index (Phi) is 5.51. The highest BCUT2D eigenvalue weighted by Crippen LogP contribution is 2.39. The van der Waals surface area contributed by atoms with Crippen LogP contribution in [0.1, 0.15) is 22.4 Å². The number of likely N-dealkylation sites (N-methyl/N-ethyl adjacent to an activating group) is 1. The molecule has 0 N–H and O–H groups in total. The van der Waals surface area contributed by atoms with Gasteiger partial charge in [0.1, 0.15) is 11.1 Å². The summed E-state index contributed by atoms with van der Waals surface area (Å²) in [7, 11) is 2.12. The Morgan fingerprint density at radius 1 is 1.30 bits per heavy atom. The molecule has 0 unspecified atom stereocenters. The molecule has 1 aromatic carbocycles. The van der Waals surface area contributed by atoms with Crippen LogP contribution in [0.5, 0.6) is 0 Å². The van der Waals surface area contributed by atoms with Crippen LogP contribution in [0.4, 0.5) is 0 Å². The lowest BCUT2D eigenvalue weighted by Gasteiger charge is -2.27. The van der Waals surface area contributed by atoms with Gasteiger partial charge in [0.25, 0.3) is 0 Å². The van der Waals surface area contributed by atoms with Gasteiger partial charge in [-0.2, -0.15) is 5.26 Å². The summed E-state index contributed by atoms with van der Waals surface area (Å²) >= 11 is 9.58. The second-order valence-electron chi connectivity index (χ2n) is 6.55. The third kappa shape index (κ3) is 3.76. The zero-order valence-corrected chi connectivity index (χ0v) is 17.3. The van der Waals surface area contributed by atoms with Crippen LogP contribution in [0, 0.1) is 11.3 Å². The highest BCUT2D eigenvalue weighted by Gasteiger charge is 2.25. The Bertz CT molecular complexity index is 1010. The average molecular weight is 412 g/mol. The highest BCUT2D eigenvalue weighted by molar-refractivity contribution is 7.98. The molecule has 0 aliphatic carbocycles. The molecule has 1 aliphatic heterocycles. The van der Waals surface area contributed by atoms with E-state index in [2.05, 4.69) is 29.5 Å². The number of nitrogens with zero attached hydrogens (tertiary/aromatic N) is 3. The maximum absolute atomic E-state index is 9.98. The molecule has 2 aromatic heterocycles. The summed E-state index contributed by atoms with van der Waals surface area (Å²) in [4.78, 5) is 8.34. The summed E-state index contributed by atoms with van der Waals surface area (Å²) in [6.07, 6.45) is 0.912. The molecule has 1 aliphatic rings. The van der Waals surface area contributed by atoms with Crippen molar-refractivity contribution in [1.82, 2.24) is 9.88 Å². The van der Waals surface area contributed by atoms with Crippen LogP contribution in [0.15, 0.2) is 46.8 Å². The van der Waals surface area contributed by atoms with Gasteiger partial charge in [0.05, 0.1) is 5.56 Å². The number of thiophene rings is 1. The molecule has 3 nitrogen and oxygen atoms in total. The lowest BCUT2D eigenvalue weighted by molar-refractivity contribution is 0.310. The molecule has 3 heterocycles. The van der Waals surface area contributed by atoms with Crippen LogP contribution in [0.25, 0.3) is 10.4 Å². The minimum atomic E-state index is 0.684. The molecule has 0 bridgehead atoms. The number of aromatic nitrogens is 1. The number of pyridine rings is 1. The molecule has 0 fully saturated rings. The molecule has 0 amide bonds. The average Bonchev–Trinajstić information content (AvgIpc) is 3.20. The normalized spacial score (nSPS) is 14.0. The largest absolute Gasteiger partial charge is 0.302 e. The number of benzene rings is 1. The van der Waals surface area contributed by atoms with Gasteiger partial charge >= 0.3 is 0 Å². The molecular formula is C21H18ClN3S2. The Morgan fingerprint density at radius 3 is 2.89 bits per heavy atom. The van der Waals surface area contributed by atoms with Gasteiger partial charge in [0.2, 0.25) is 0 Å². The number of fused-ring (bicyclic) bond motifs is 1. The van der Waals surface area contributed by atoms with Crippen molar-refractivity contribution >= 4 is 34.7 Å². The van der Waals surface area contributed by atoms with Crippen molar-refractivity contribution in [2.75, 3.05) is 13.6 Å².